The van der Waals surface area contributed by atoms with E-state index in [1.807, 2.05) is 18.2 Å². The predicted molar refractivity (Wildman–Crippen MR) is 234 cm³/mol. The lowest BCUT2D eigenvalue weighted by Gasteiger charge is -2.13. The van der Waals surface area contributed by atoms with Crippen molar-refractivity contribution in [2.75, 3.05) is 0 Å². The van der Waals surface area contributed by atoms with Crippen LogP contribution in [0.3, 0.4) is 0 Å². The van der Waals surface area contributed by atoms with Crippen LogP contribution in [0.2, 0.25) is 0 Å². The molecule has 0 atom stereocenters. The quantitative estimate of drug-likeness (QED) is 0.177. The van der Waals surface area contributed by atoms with E-state index in [2.05, 4.69) is 190 Å². The van der Waals surface area contributed by atoms with E-state index in [1.165, 1.54) is 27.1 Å². The minimum atomic E-state index is 0.564. The van der Waals surface area contributed by atoms with Gasteiger partial charge in [0.05, 0.1) is 33.1 Å². The normalized spacial score (nSPS) is 11.9. The molecule has 0 saturated carbocycles. The van der Waals surface area contributed by atoms with Gasteiger partial charge in [-0.15, -0.1) is 0 Å². The Balaban J connectivity index is 1.14. The minimum absolute atomic E-state index is 0.564. The Morgan fingerprint density at radius 3 is 1.46 bits per heavy atom. The fraction of sp³-hybridized carbons (Fsp3) is 0. The van der Waals surface area contributed by atoms with Gasteiger partial charge >= 0.3 is 0 Å². The van der Waals surface area contributed by atoms with Gasteiger partial charge in [0.25, 0.3) is 0 Å². The molecule has 0 fully saturated rings. The number of rotatable bonds is 5. The average molecular weight is 729 g/mol. The van der Waals surface area contributed by atoms with Crippen LogP contribution >= 0.6 is 0 Å². The van der Waals surface area contributed by atoms with Crippen molar-refractivity contribution >= 4 is 65.4 Å². The Morgan fingerprint density at radius 1 is 0.298 bits per heavy atom. The van der Waals surface area contributed by atoms with Crippen molar-refractivity contribution in [2.24, 2.45) is 0 Å². The monoisotopic (exact) mass is 728 g/mol. The summed E-state index contributed by atoms with van der Waals surface area (Å²) in [6.07, 6.45) is 0. The summed E-state index contributed by atoms with van der Waals surface area (Å²) >= 11 is 0. The summed E-state index contributed by atoms with van der Waals surface area (Å²) in [7, 11) is 0. The maximum absolute atomic E-state index is 5.35. The lowest BCUT2D eigenvalue weighted by Crippen LogP contribution is -2.06. The van der Waals surface area contributed by atoms with Crippen LogP contribution in [0.15, 0.2) is 194 Å². The maximum atomic E-state index is 5.35. The summed E-state index contributed by atoms with van der Waals surface area (Å²) in [5.41, 5.74) is 10.7. The van der Waals surface area contributed by atoms with E-state index in [1.54, 1.807) is 0 Å². The van der Waals surface area contributed by atoms with Crippen LogP contribution in [0.25, 0.3) is 106 Å². The van der Waals surface area contributed by atoms with Gasteiger partial charge in [0.1, 0.15) is 0 Å². The molecule has 0 spiro atoms. The number of hydrogen-bond donors (Lipinski definition) is 0. The Kier molecular flexibility index (Phi) is 6.83. The molecule has 0 amide bonds. The number of benzene rings is 8. The van der Waals surface area contributed by atoms with Crippen molar-refractivity contribution in [1.82, 2.24) is 28.7 Å². The molecular formula is C51H32N6. The molecule has 0 bridgehead atoms. The van der Waals surface area contributed by atoms with Crippen LogP contribution in [-0.4, -0.2) is 28.7 Å². The van der Waals surface area contributed by atoms with Crippen LogP contribution < -0.4 is 0 Å². The zero-order valence-electron chi connectivity index (χ0n) is 30.7. The maximum Gasteiger partial charge on any atom is 0.238 e. The zero-order chi connectivity index (χ0) is 37.5. The van der Waals surface area contributed by atoms with E-state index in [4.69, 9.17) is 15.0 Å². The van der Waals surface area contributed by atoms with E-state index in [9.17, 15) is 0 Å². The Hall–Kier alpha value is -7.83. The Bertz CT molecular complexity index is 3470. The molecule has 266 valence electrons. The molecule has 0 aliphatic heterocycles. The summed E-state index contributed by atoms with van der Waals surface area (Å²) < 4.78 is 6.95. The van der Waals surface area contributed by atoms with Gasteiger partial charge in [-0.1, -0.05) is 140 Å². The molecule has 8 aromatic carbocycles. The first kappa shape index (κ1) is 31.5. The van der Waals surface area contributed by atoms with Crippen molar-refractivity contribution in [3.05, 3.63) is 194 Å². The van der Waals surface area contributed by atoms with Crippen molar-refractivity contribution in [3.63, 3.8) is 0 Å². The van der Waals surface area contributed by atoms with Crippen LogP contribution in [0.5, 0.6) is 0 Å². The number of nitrogens with zero attached hydrogens (tertiary/aromatic N) is 6. The fourth-order valence-corrected chi connectivity index (χ4v) is 8.86. The first-order valence-corrected chi connectivity index (χ1v) is 19.2. The summed E-state index contributed by atoms with van der Waals surface area (Å²) in [5.74, 6) is 1.78. The van der Waals surface area contributed by atoms with E-state index in [-0.39, 0.29) is 0 Å². The van der Waals surface area contributed by atoms with Gasteiger partial charge in [0.2, 0.25) is 5.95 Å². The molecule has 0 unspecified atom stereocenters. The summed E-state index contributed by atoms with van der Waals surface area (Å²) in [6, 6.07) is 68.3. The third-order valence-electron chi connectivity index (χ3n) is 11.3. The van der Waals surface area contributed by atoms with Crippen LogP contribution in [-0.2, 0) is 0 Å². The highest BCUT2D eigenvalue weighted by atomic mass is 15.2. The molecule has 4 aromatic heterocycles. The van der Waals surface area contributed by atoms with Crippen LogP contribution in [0.1, 0.15) is 0 Å². The molecule has 57 heavy (non-hydrogen) atoms. The second kappa shape index (κ2) is 12.3. The molecule has 6 heteroatoms. The molecule has 4 heterocycles. The first-order chi connectivity index (χ1) is 28.3. The highest BCUT2D eigenvalue weighted by Crippen LogP contribution is 2.42. The van der Waals surface area contributed by atoms with Gasteiger partial charge in [0.15, 0.2) is 11.6 Å². The van der Waals surface area contributed by atoms with Gasteiger partial charge in [0, 0.05) is 54.8 Å². The van der Waals surface area contributed by atoms with Gasteiger partial charge in [-0.25, -0.2) is 4.98 Å². The molecule has 12 rings (SSSR count). The second-order valence-electron chi connectivity index (χ2n) is 14.5. The van der Waals surface area contributed by atoms with Gasteiger partial charge in [-0.2, -0.15) is 9.97 Å². The van der Waals surface area contributed by atoms with E-state index in [0.717, 1.165) is 60.9 Å². The topological polar surface area (TPSA) is 53.5 Å². The summed E-state index contributed by atoms with van der Waals surface area (Å²) in [4.78, 5) is 15.8. The minimum Gasteiger partial charge on any atom is -0.309 e. The number of hydrogen-bond acceptors (Lipinski definition) is 3. The van der Waals surface area contributed by atoms with Gasteiger partial charge in [-0.3, -0.25) is 4.57 Å². The lowest BCUT2D eigenvalue weighted by molar-refractivity contribution is 0.953. The smallest absolute Gasteiger partial charge is 0.238 e. The first-order valence-electron chi connectivity index (χ1n) is 19.2. The molecule has 0 radical (unpaired) electrons. The predicted octanol–water partition coefficient (Wildman–Crippen LogP) is 12.5. The van der Waals surface area contributed by atoms with Crippen molar-refractivity contribution in [2.45, 2.75) is 0 Å². The van der Waals surface area contributed by atoms with E-state index in [0.29, 0.717) is 17.6 Å². The SMILES string of the molecule is c1ccc(-c2nc(-c3cccc(-n4c5ccccc5c5ccccc54)c3)nc(-n3c4ccccc4c4c3ccc3c5ccccc5n(-c5ccccc5)c34)n2)cc1. The molecule has 0 saturated heterocycles. The van der Waals surface area contributed by atoms with Crippen LogP contribution in [0.4, 0.5) is 0 Å². The second-order valence-corrected chi connectivity index (χ2v) is 14.5. The molecule has 12 aromatic rings. The van der Waals surface area contributed by atoms with Crippen LogP contribution in [0, 0.1) is 0 Å². The van der Waals surface area contributed by atoms with E-state index < -0.39 is 0 Å². The fourth-order valence-electron chi connectivity index (χ4n) is 8.86. The molecule has 0 N–H and O–H groups in total. The number of para-hydroxylation sites is 5. The lowest BCUT2D eigenvalue weighted by atomic mass is 10.1. The summed E-state index contributed by atoms with van der Waals surface area (Å²) in [6.45, 7) is 0. The van der Waals surface area contributed by atoms with E-state index >= 15 is 0 Å². The Morgan fingerprint density at radius 2 is 0.789 bits per heavy atom. The van der Waals surface area contributed by atoms with Crippen molar-refractivity contribution in [3.8, 4) is 40.1 Å². The highest BCUT2D eigenvalue weighted by molar-refractivity contribution is 6.26. The van der Waals surface area contributed by atoms with Crippen molar-refractivity contribution in [1.29, 1.82) is 0 Å². The zero-order valence-corrected chi connectivity index (χ0v) is 30.7. The molecule has 0 aliphatic rings. The number of aromatic nitrogens is 6. The Labute approximate surface area is 327 Å². The van der Waals surface area contributed by atoms with Gasteiger partial charge < -0.3 is 9.13 Å². The molecule has 6 nitrogen and oxygen atoms in total. The molecule has 0 aliphatic carbocycles. The summed E-state index contributed by atoms with van der Waals surface area (Å²) in [5, 5.41) is 7.15. The molecular weight excluding hydrogens is 697 g/mol. The average Bonchev–Trinajstić information content (AvgIpc) is 3.93. The van der Waals surface area contributed by atoms with Gasteiger partial charge in [-0.05, 0) is 54.6 Å². The number of fused-ring (bicyclic) bond motifs is 10. The highest BCUT2D eigenvalue weighted by Gasteiger charge is 2.23. The van der Waals surface area contributed by atoms with Crippen molar-refractivity contribution < 1.29 is 0 Å². The standard InChI is InChI=1S/C51H32N6/c1-3-16-33(17-4-1)49-52-50(34-18-15-21-36(32-34)55-42-26-11-7-22-37(42)38-23-8-12-27-43(38)55)54-51(53-49)57-45-29-14-10-25-41(45)47-46(57)31-30-40-39-24-9-13-28-44(39)56(48(40)47)35-19-5-2-6-20-35/h1-32H. The third kappa shape index (κ3) is 4.74. The third-order valence-corrected chi connectivity index (χ3v) is 11.3. The largest absolute Gasteiger partial charge is 0.309 e.